The number of hydrogen-bond donors (Lipinski definition) is 2. The largest absolute Gasteiger partial charge is 0.356 e. The Morgan fingerprint density at radius 1 is 1.17 bits per heavy atom. The van der Waals surface area contributed by atoms with Crippen LogP contribution in [0.1, 0.15) is 32.6 Å². The van der Waals surface area contributed by atoms with E-state index in [9.17, 15) is 9.59 Å². The summed E-state index contributed by atoms with van der Waals surface area (Å²) >= 11 is 0. The lowest BCUT2D eigenvalue weighted by Gasteiger charge is -2.05. The number of amides is 2. The molecule has 0 fully saturated rings. The zero-order valence-corrected chi connectivity index (χ0v) is 10.6. The summed E-state index contributed by atoms with van der Waals surface area (Å²) in [5.41, 5.74) is 0.772. The molecule has 0 aliphatic carbocycles. The Hall–Kier alpha value is -1.91. The van der Waals surface area contributed by atoms with Crippen molar-refractivity contribution < 1.29 is 9.59 Å². The Kier molecular flexibility index (Phi) is 6.46. The summed E-state index contributed by atoms with van der Waals surface area (Å²) in [6.45, 7) is 2.18. The molecule has 5 heteroatoms. The number of aromatic nitrogens is 1. The van der Waals surface area contributed by atoms with Crippen molar-refractivity contribution in [2.75, 3.05) is 11.9 Å². The van der Waals surface area contributed by atoms with Crippen molar-refractivity contribution in [2.24, 2.45) is 0 Å². The van der Waals surface area contributed by atoms with Crippen molar-refractivity contribution >= 4 is 17.5 Å². The summed E-state index contributed by atoms with van der Waals surface area (Å²) in [5.74, 6) is 0.00570. The second kappa shape index (κ2) is 8.22. The molecule has 1 aromatic heterocycles. The Labute approximate surface area is 107 Å². The van der Waals surface area contributed by atoms with E-state index in [1.807, 2.05) is 0 Å². The summed E-state index contributed by atoms with van der Waals surface area (Å²) in [5, 5.41) is 5.53. The van der Waals surface area contributed by atoms with Crippen LogP contribution in [0, 0.1) is 0 Å². The van der Waals surface area contributed by atoms with Crippen molar-refractivity contribution in [2.45, 2.75) is 32.6 Å². The van der Waals surface area contributed by atoms with Crippen LogP contribution in [0.15, 0.2) is 24.5 Å². The highest BCUT2D eigenvalue weighted by Gasteiger charge is 2.01. The molecule has 2 amide bonds. The summed E-state index contributed by atoms with van der Waals surface area (Å²) in [4.78, 5) is 26.0. The molecular formula is C13H19N3O2. The van der Waals surface area contributed by atoms with E-state index in [1.165, 1.54) is 6.92 Å². The molecule has 1 rings (SSSR count). The van der Waals surface area contributed by atoms with E-state index in [-0.39, 0.29) is 11.8 Å². The van der Waals surface area contributed by atoms with Crippen molar-refractivity contribution in [3.63, 3.8) is 0 Å². The van der Waals surface area contributed by atoms with Crippen LogP contribution in [0.5, 0.6) is 0 Å². The molecule has 0 aliphatic heterocycles. The van der Waals surface area contributed by atoms with Crippen LogP contribution in [-0.4, -0.2) is 23.3 Å². The summed E-state index contributed by atoms with van der Waals surface area (Å²) < 4.78 is 0. The molecule has 0 aromatic carbocycles. The fraction of sp³-hybridized carbons (Fsp3) is 0.462. The van der Waals surface area contributed by atoms with E-state index in [1.54, 1.807) is 24.5 Å². The molecular weight excluding hydrogens is 230 g/mol. The highest BCUT2D eigenvalue weighted by molar-refractivity contribution is 5.90. The van der Waals surface area contributed by atoms with Crippen molar-refractivity contribution in [3.8, 4) is 0 Å². The maximum absolute atomic E-state index is 11.6. The third-order valence-corrected chi connectivity index (χ3v) is 2.42. The van der Waals surface area contributed by atoms with Gasteiger partial charge in [0.1, 0.15) is 0 Å². The summed E-state index contributed by atoms with van der Waals surface area (Å²) in [6.07, 6.45) is 6.46. The number of hydrogen-bond acceptors (Lipinski definition) is 3. The predicted molar refractivity (Wildman–Crippen MR) is 70.0 cm³/mol. The topological polar surface area (TPSA) is 71.1 Å². The molecule has 0 bridgehead atoms. The highest BCUT2D eigenvalue weighted by Crippen LogP contribution is 2.06. The van der Waals surface area contributed by atoms with Crippen molar-refractivity contribution in [1.29, 1.82) is 0 Å². The Balaban J connectivity index is 2.05. The first kappa shape index (κ1) is 14.2. The van der Waals surface area contributed by atoms with E-state index < -0.39 is 0 Å². The number of nitrogens with zero attached hydrogens (tertiary/aromatic N) is 1. The molecule has 18 heavy (non-hydrogen) atoms. The lowest BCUT2D eigenvalue weighted by atomic mass is 10.2. The molecule has 0 saturated carbocycles. The summed E-state index contributed by atoms with van der Waals surface area (Å²) in [6, 6.07) is 3.52. The van der Waals surface area contributed by atoms with Gasteiger partial charge in [0.25, 0.3) is 0 Å². The van der Waals surface area contributed by atoms with Crippen molar-refractivity contribution in [1.82, 2.24) is 10.3 Å². The minimum Gasteiger partial charge on any atom is -0.356 e. The molecule has 0 saturated heterocycles. The average molecular weight is 249 g/mol. The van der Waals surface area contributed by atoms with E-state index in [4.69, 9.17) is 0 Å². The average Bonchev–Trinajstić information content (AvgIpc) is 2.34. The second-order valence-electron chi connectivity index (χ2n) is 4.08. The number of rotatable bonds is 7. The second-order valence-corrected chi connectivity index (χ2v) is 4.08. The number of carbonyl (C=O) groups excluding carboxylic acids is 2. The smallest absolute Gasteiger partial charge is 0.224 e. The Bertz CT molecular complexity index is 379. The molecule has 98 valence electrons. The van der Waals surface area contributed by atoms with Crippen LogP contribution < -0.4 is 10.6 Å². The SMILES string of the molecule is CC(=O)NCCCCCC(=O)Nc1ccncc1. The number of nitrogens with one attached hydrogen (secondary N) is 2. The summed E-state index contributed by atoms with van der Waals surface area (Å²) in [7, 11) is 0. The van der Waals surface area contributed by atoms with Gasteiger partial charge < -0.3 is 10.6 Å². The van der Waals surface area contributed by atoms with Gasteiger partial charge in [-0.2, -0.15) is 0 Å². The van der Waals surface area contributed by atoms with E-state index in [0.717, 1.165) is 24.9 Å². The van der Waals surface area contributed by atoms with Gasteiger partial charge >= 0.3 is 0 Å². The van der Waals surface area contributed by atoms with E-state index >= 15 is 0 Å². The van der Waals surface area contributed by atoms with Crippen LogP contribution in [-0.2, 0) is 9.59 Å². The standard InChI is InChI=1S/C13H19N3O2/c1-11(17)15-8-4-2-3-5-13(18)16-12-6-9-14-10-7-12/h6-7,9-10H,2-5,8H2,1H3,(H,15,17)(H,14,16,18). The molecule has 1 heterocycles. The predicted octanol–water partition coefficient (Wildman–Crippen LogP) is 1.72. The number of unbranched alkanes of at least 4 members (excludes halogenated alkanes) is 2. The first-order valence-electron chi connectivity index (χ1n) is 6.13. The van der Waals surface area contributed by atoms with Gasteiger partial charge in [-0.3, -0.25) is 14.6 Å². The maximum Gasteiger partial charge on any atom is 0.224 e. The molecule has 0 spiro atoms. The van der Waals surface area contributed by atoms with Crippen LogP contribution in [0.25, 0.3) is 0 Å². The lowest BCUT2D eigenvalue weighted by molar-refractivity contribution is -0.119. The molecule has 1 aromatic rings. The molecule has 0 unspecified atom stereocenters. The lowest BCUT2D eigenvalue weighted by Crippen LogP contribution is -2.20. The minimum atomic E-state index is -0.00886. The zero-order valence-electron chi connectivity index (χ0n) is 10.6. The van der Waals surface area contributed by atoms with Gasteiger partial charge in [-0.25, -0.2) is 0 Å². The molecule has 0 radical (unpaired) electrons. The van der Waals surface area contributed by atoms with Crippen LogP contribution >= 0.6 is 0 Å². The monoisotopic (exact) mass is 249 g/mol. The highest BCUT2D eigenvalue weighted by atomic mass is 16.2. The minimum absolute atomic E-state index is 0.00886. The van der Waals surface area contributed by atoms with Gasteiger partial charge in [-0.15, -0.1) is 0 Å². The quantitative estimate of drug-likeness (QED) is 0.723. The molecule has 0 aliphatic rings. The Morgan fingerprint density at radius 2 is 1.89 bits per heavy atom. The number of carbonyl (C=O) groups is 2. The van der Waals surface area contributed by atoms with Crippen molar-refractivity contribution in [3.05, 3.63) is 24.5 Å². The van der Waals surface area contributed by atoms with Gasteiger partial charge in [-0.05, 0) is 25.0 Å². The van der Waals surface area contributed by atoms with Gasteiger partial charge in [0.15, 0.2) is 0 Å². The zero-order chi connectivity index (χ0) is 13.2. The fourth-order valence-corrected chi connectivity index (χ4v) is 1.51. The third-order valence-electron chi connectivity index (χ3n) is 2.42. The van der Waals surface area contributed by atoms with Gasteiger partial charge in [0.2, 0.25) is 11.8 Å². The number of pyridine rings is 1. The molecule has 2 N–H and O–H groups in total. The molecule has 0 atom stereocenters. The first-order chi connectivity index (χ1) is 8.68. The third kappa shape index (κ3) is 6.62. The van der Waals surface area contributed by atoms with Crippen LogP contribution in [0.3, 0.4) is 0 Å². The number of anilines is 1. The van der Waals surface area contributed by atoms with Crippen LogP contribution in [0.4, 0.5) is 5.69 Å². The van der Waals surface area contributed by atoms with E-state index in [2.05, 4.69) is 15.6 Å². The normalized spacial score (nSPS) is 9.83. The van der Waals surface area contributed by atoms with Gasteiger partial charge in [0.05, 0.1) is 0 Å². The Morgan fingerprint density at radius 3 is 2.56 bits per heavy atom. The first-order valence-corrected chi connectivity index (χ1v) is 6.13. The molecule has 5 nitrogen and oxygen atoms in total. The van der Waals surface area contributed by atoms with Gasteiger partial charge in [-0.1, -0.05) is 6.42 Å². The fourth-order valence-electron chi connectivity index (χ4n) is 1.51. The van der Waals surface area contributed by atoms with E-state index in [0.29, 0.717) is 13.0 Å². The van der Waals surface area contributed by atoms with Gasteiger partial charge in [0, 0.05) is 38.0 Å². The van der Waals surface area contributed by atoms with Crippen LogP contribution in [0.2, 0.25) is 0 Å². The maximum atomic E-state index is 11.6.